The lowest BCUT2D eigenvalue weighted by Crippen LogP contribution is -2.22. The molecule has 4 heteroatoms. The van der Waals surface area contributed by atoms with Crippen LogP contribution in [0.2, 0.25) is 0 Å². The lowest BCUT2D eigenvalue weighted by Gasteiger charge is -2.19. The SMILES string of the molecule is CC(C)(C)OCCCCOCCOCCOC(C)(C)C. The largest absolute Gasteiger partial charge is 0.379 e. The van der Waals surface area contributed by atoms with Gasteiger partial charge in [-0.2, -0.15) is 0 Å². The van der Waals surface area contributed by atoms with Crippen molar-refractivity contribution in [2.45, 2.75) is 65.6 Å². The van der Waals surface area contributed by atoms with Gasteiger partial charge in [-0.3, -0.25) is 0 Å². The molecule has 0 saturated carbocycles. The van der Waals surface area contributed by atoms with E-state index in [-0.39, 0.29) is 11.2 Å². The predicted molar refractivity (Wildman–Crippen MR) is 82.3 cm³/mol. The molecule has 0 radical (unpaired) electrons. The van der Waals surface area contributed by atoms with E-state index in [9.17, 15) is 0 Å². The summed E-state index contributed by atoms with van der Waals surface area (Å²) < 4.78 is 22.1. The summed E-state index contributed by atoms with van der Waals surface area (Å²) in [5, 5.41) is 0. The van der Waals surface area contributed by atoms with E-state index in [0.717, 1.165) is 26.1 Å². The van der Waals surface area contributed by atoms with E-state index in [1.807, 2.05) is 20.8 Å². The summed E-state index contributed by atoms with van der Waals surface area (Å²) in [6.45, 7) is 16.5. The predicted octanol–water partition coefficient (Wildman–Crippen LogP) is 3.43. The molecule has 0 unspecified atom stereocenters. The summed E-state index contributed by atoms with van der Waals surface area (Å²) >= 11 is 0. The third-order valence-electron chi connectivity index (χ3n) is 2.35. The molecule has 4 nitrogen and oxygen atoms in total. The summed E-state index contributed by atoms with van der Waals surface area (Å²) in [5.74, 6) is 0. The summed E-state index contributed by atoms with van der Waals surface area (Å²) in [7, 11) is 0. The van der Waals surface area contributed by atoms with Gasteiger partial charge in [0, 0.05) is 13.2 Å². The van der Waals surface area contributed by atoms with Crippen LogP contribution in [0.3, 0.4) is 0 Å². The summed E-state index contributed by atoms with van der Waals surface area (Å²) in [6, 6.07) is 0. The van der Waals surface area contributed by atoms with Crippen LogP contribution in [-0.4, -0.2) is 50.8 Å². The molecule has 0 bridgehead atoms. The molecule has 0 aliphatic heterocycles. The second-order valence-corrected chi connectivity index (χ2v) is 6.85. The zero-order valence-electron chi connectivity index (χ0n) is 14.3. The first kappa shape index (κ1) is 19.8. The molecule has 20 heavy (non-hydrogen) atoms. The number of hydrogen-bond donors (Lipinski definition) is 0. The van der Waals surface area contributed by atoms with Crippen molar-refractivity contribution in [1.29, 1.82) is 0 Å². The summed E-state index contributed by atoms with van der Waals surface area (Å²) in [4.78, 5) is 0. The van der Waals surface area contributed by atoms with Crippen LogP contribution in [0.4, 0.5) is 0 Å². The Morgan fingerprint density at radius 3 is 1.45 bits per heavy atom. The molecule has 0 aromatic heterocycles. The highest BCUT2D eigenvalue weighted by molar-refractivity contribution is 4.58. The first-order chi connectivity index (χ1) is 9.21. The third kappa shape index (κ3) is 17.8. The van der Waals surface area contributed by atoms with E-state index < -0.39 is 0 Å². The first-order valence-corrected chi connectivity index (χ1v) is 7.64. The minimum Gasteiger partial charge on any atom is -0.379 e. The van der Waals surface area contributed by atoms with Crippen molar-refractivity contribution in [3.05, 3.63) is 0 Å². The Balaban J connectivity index is 3.10. The Bertz CT molecular complexity index is 191. The Kier molecular flexibility index (Phi) is 10.5. The van der Waals surface area contributed by atoms with Gasteiger partial charge in [-0.15, -0.1) is 0 Å². The van der Waals surface area contributed by atoms with E-state index in [2.05, 4.69) is 20.8 Å². The quantitative estimate of drug-likeness (QED) is 0.546. The molecule has 0 spiro atoms. The highest BCUT2D eigenvalue weighted by Gasteiger charge is 2.09. The molecule has 0 saturated heterocycles. The highest BCUT2D eigenvalue weighted by Crippen LogP contribution is 2.07. The van der Waals surface area contributed by atoms with Gasteiger partial charge in [0.15, 0.2) is 0 Å². The van der Waals surface area contributed by atoms with Gasteiger partial charge in [0.2, 0.25) is 0 Å². The van der Waals surface area contributed by atoms with E-state index in [0.29, 0.717) is 26.4 Å². The summed E-state index contributed by atoms with van der Waals surface area (Å²) in [5.41, 5.74) is -0.126. The second kappa shape index (κ2) is 10.6. The molecule has 0 atom stereocenters. The van der Waals surface area contributed by atoms with Crippen LogP contribution >= 0.6 is 0 Å². The van der Waals surface area contributed by atoms with Crippen molar-refractivity contribution in [2.24, 2.45) is 0 Å². The maximum absolute atomic E-state index is 5.63. The van der Waals surface area contributed by atoms with Gasteiger partial charge in [0.1, 0.15) is 0 Å². The van der Waals surface area contributed by atoms with Gasteiger partial charge in [-0.05, 0) is 54.4 Å². The average Bonchev–Trinajstić information content (AvgIpc) is 2.27. The molecule has 0 rings (SSSR count). The first-order valence-electron chi connectivity index (χ1n) is 7.64. The van der Waals surface area contributed by atoms with Crippen LogP contribution in [0.5, 0.6) is 0 Å². The van der Waals surface area contributed by atoms with Crippen LogP contribution in [0.15, 0.2) is 0 Å². The molecule has 122 valence electrons. The molecule has 0 fully saturated rings. The second-order valence-electron chi connectivity index (χ2n) is 6.85. The fourth-order valence-corrected chi connectivity index (χ4v) is 1.41. The van der Waals surface area contributed by atoms with Crippen molar-refractivity contribution in [3.8, 4) is 0 Å². The van der Waals surface area contributed by atoms with Gasteiger partial charge < -0.3 is 18.9 Å². The normalized spacial score (nSPS) is 12.9. The van der Waals surface area contributed by atoms with E-state index in [4.69, 9.17) is 18.9 Å². The minimum atomic E-state index is -0.0883. The molecular formula is C16H34O4. The standard InChI is InChI=1S/C16H34O4/c1-15(2,3)19-10-8-7-9-17-11-12-18-13-14-20-16(4,5)6/h7-14H2,1-6H3. The van der Waals surface area contributed by atoms with Crippen molar-refractivity contribution in [3.63, 3.8) is 0 Å². The zero-order chi connectivity index (χ0) is 15.5. The van der Waals surface area contributed by atoms with Gasteiger partial charge in [0.25, 0.3) is 0 Å². The van der Waals surface area contributed by atoms with E-state index in [1.54, 1.807) is 0 Å². The van der Waals surface area contributed by atoms with Crippen molar-refractivity contribution < 1.29 is 18.9 Å². The molecule has 0 heterocycles. The van der Waals surface area contributed by atoms with Gasteiger partial charge in [0.05, 0.1) is 37.6 Å². The van der Waals surface area contributed by atoms with E-state index >= 15 is 0 Å². The topological polar surface area (TPSA) is 36.9 Å². The van der Waals surface area contributed by atoms with Crippen molar-refractivity contribution >= 4 is 0 Å². The molecule has 0 amide bonds. The number of ether oxygens (including phenoxy) is 4. The van der Waals surface area contributed by atoms with Gasteiger partial charge >= 0.3 is 0 Å². The molecule has 0 aromatic rings. The van der Waals surface area contributed by atoms with Crippen LogP contribution < -0.4 is 0 Å². The fourth-order valence-electron chi connectivity index (χ4n) is 1.41. The maximum Gasteiger partial charge on any atom is 0.0707 e. The lowest BCUT2D eigenvalue weighted by atomic mass is 10.2. The Morgan fingerprint density at radius 2 is 0.900 bits per heavy atom. The smallest absolute Gasteiger partial charge is 0.0707 e. The minimum absolute atomic E-state index is 0.0379. The van der Waals surface area contributed by atoms with Crippen molar-refractivity contribution in [1.82, 2.24) is 0 Å². The molecule has 0 aromatic carbocycles. The Hall–Kier alpha value is -0.160. The molecule has 0 aliphatic rings. The van der Waals surface area contributed by atoms with Crippen LogP contribution in [-0.2, 0) is 18.9 Å². The molecular weight excluding hydrogens is 256 g/mol. The third-order valence-corrected chi connectivity index (χ3v) is 2.35. The average molecular weight is 290 g/mol. The molecule has 0 aliphatic carbocycles. The monoisotopic (exact) mass is 290 g/mol. The van der Waals surface area contributed by atoms with Gasteiger partial charge in [-0.25, -0.2) is 0 Å². The van der Waals surface area contributed by atoms with Crippen molar-refractivity contribution in [2.75, 3.05) is 39.6 Å². The van der Waals surface area contributed by atoms with Crippen LogP contribution in [0.1, 0.15) is 54.4 Å². The van der Waals surface area contributed by atoms with Gasteiger partial charge in [-0.1, -0.05) is 0 Å². The maximum atomic E-state index is 5.63. The zero-order valence-corrected chi connectivity index (χ0v) is 14.3. The Labute approximate surface area is 125 Å². The fraction of sp³-hybridized carbons (Fsp3) is 1.00. The lowest BCUT2D eigenvalue weighted by molar-refractivity contribution is -0.0432. The highest BCUT2D eigenvalue weighted by atomic mass is 16.5. The molecule has 0 N–H and O–H groups in total. The number of hydrogen-bond acceptors (Lipinski definition) is 4. The van der Waals surface area contributed by atoms with Crippen LogP contribution in [0.25, 0.3) is 0 Å². The Morgan fingerprint density at radius 1 is 0.500 bits per heavy atom. The number of unbranched alkanes of at least 4 members (excludes halogenated alkanes) is 1. The van der Waals surface area contributed by atoms with E-state index in [1.165, 1.54) is 0 Å². The number of rotatable bonds is 11. The van der Waals surface area contributed by atoms with Crippen LogP contribution in [0, 0.1) is 0 Å². The summed E-state index contributed by atoms with van der Waals surface area (Å²) in [6.07, 6.45) is 2.07.